The summed E-state index contributed by atoms with van der Waals surface area (Å²) in [6.07, 6.45) is -0.186. The first-order valence-electron chi connectivity index (χ1n) is 10.9. The monoisotopic (exact) mass is 483 g/mol. The van der Waals surface area contributed by atoms with Gasteiger partial charge < -0.3 is 23.5 Å². The van der Waals surface area contributed by atoms with Gasteiger partial charge in [0.2, 0.25) is 5.78 Å². The molecule has 0 unspecified atom stereocenters. The molecule has 2 heterocycles. The molecule has 0 fully saturated rings. The molecule has 7 nitrogen and oxygen atoms in total. The quantitative estimate of drug-likeness (QED) is 0.341. The molecule has 0 radical (unpaired) electrons. The maximum absolute atomic E-state index is 12.7. The topological polar surface area (TPSA) is 76.0 Å². The van der Waals surface area contributed by atoms with Gasteiger partial charge in [-0.1, -0.05) is 23.7 Å². The van der Waals surface area contributed by atoms with Gasteiger partial charge in [-0.2, -0.15) is 0 Å². The standard InChI is InChI=1S/C26H26ClNO6/c1-16-10-19(8-9-22(16)27)31-15-26(30)33-14-23(29)21-11-17(2)28(18(21)3)12-20-13-32-24-6-4-5-7-25(24)34-20/h4-11,20H,12-15H2,1-3H3/t20-/m0/s1. The first kappa shape index (κ1) is 23.7. The molecule has 3 aromatic rings. The number of nitrogens with zero attached hydrogens (tertiary/aromatic N) is 1. The smallest absolute Gasteiger partial charge is 0.344 e. The fourth-order valence-electron chi connectivity index (χ4n) is 3.84. The third-order valence-electron chi connectivity index (χ3n) is 5.68. The van der Waals surface area contributed by atoms with Crippen LogP contribution in [0.3, 0.4) is 0 Å². The SMILES string of the molecule is Cc1cc(OCC(=O)OCC(=O)c2cc(C)n(C[C@H]3COc4ccccc4O3)c2C)ccc1Cl. The van der Waals surface area contributed by atoms with Crippen molar-refractivity contribution in [3.8, 4) is 17.2 Å². The van der Waals surface area contributed by atoms with Crippen molar-refractivity contribution < 1.29 is 28.5 Å². The zero-order valence-corrected chi connectivity index (χ0v) is 20.1. The summed E-state index contributed by atoms with van der Waals surface area (Å²) >= 11 is 5.99. The molecular formula is C26H26ClNO6. The highest BCUT2D eigenvalue weighted by Gasteiger charge is 2.24. The molecule has 0 aliphatic carbocycles. The molecule has 8 heteroatoms. The largest absolute Gasteiger partial charge is 0.486 e. The average Bonchev–Trinajstić information content (AvgIpc) is 3.11. The van der Waals surface area contributed by atoms with Gasteiger partial charge in [0.05, 0.1) is 6.54 Å². The highest BCUT2D eigenvalue weighted by Crippen LogP contribution is 2.31. The van der Waals surface area contributed by atoms with E-state index in [-0.39, 0.29) is 25.1 Å². The van der Waals surface area contributed by atoms with Crippen LogP contribution in [0.4, 0.5) is 0 Å². The molecule has 1 aliphatic heterocycles. The van der Waals surface area contributed by atoms with Crippen molar-refractivity contribution in [1.82, 2.24) is 4.57 Å². The number of benzene rings is 2. The Morgan fingerprint density at radius 3 is 2.59 bits per heavy atom. The minimum Gasteiger partial charge on any atom is -0.486 e. The molecule has 0 amide bonds. The molecule has 0 spiro atoms. The van der Waals surface area contributed by atoms with Gasteiger partial charge in [-0.25, -0.2) is 4.79 Å². The van der Waals surface area contributed by atoms with E-state index in [0.717, 1.165) is 22.7 Å². The van der Waals surface area contributed by atoms with Crippen molar-refractivity contribution in [2.24, 2.45) is 0 Å². The van der Waals surface area contributed by atoms with E-state index in [1.165, 1.54) is 0 Å². The number of aryl methyl sites for hydroxylation is 2. The van der Waals surface area contributed by atoms with E-state index in [0.29, 0.717) is 35.2 Å². The van der Waals surface area contributed by atoms with Gasteiger partial charge in [0.1, 0.15) is 12.4 Å². The van der Waals surface area contributed by atoms with Crippen LogP contribution in [-0.2, 0) is 16.1 Å². The van der Waals surface area contributed by atoms with Crippen LogP contribution in [0.5, 0.6) is 17.2 Å². The summed E-state index contributed by atoms with van der Waals surface area (Å²) in [7, 11) is 0. The van der Waals surface area contributed by atoms with Gasteiger partial charge in [0.25, 0.3) is 0 Å². The van der Waals surface area contributed by atoms with E-state index in [4.69, 9.17) is 30.5 Å². The van der Waals surface area contributed by atoms with Crippen LogP contribution in [0.1, 0.15) is 27.3 Å². The van der Waals surface area contributed by atoms with Crippen LogP contribution in [-0.4, -0.2) is 42.2 Å². The average molecular weight is 484 g/mol. The number of halogens is 1. The Morgan fingerprint density at radius 2 is 1.82 bits per heavy atom. The van der Waals surface area contributed by atoms with Gasteiger partial charge in [0, 0.05) is 22.0 Å². The lowest BCUT2D eigenvalue weighted by molar-refractivity contribution is -0.144. The second-order valence-corrected chi connectivity index (χ2v) is 8.58. The zero-order chi connectivity index (χ0) is 24.2. The summed E-state index contributed by atoms with van der Waals surface area (Å²) in [5, 5.41) is 0.616. The summed E-state index contributed by atoms with van der Waals surface area (Å²) in [6.45, 7) is 5.93. The predicted octanol–water partition coefficient (Wildman–Crippen LogP) is 4.71. The Kier molecular flexibility index (Phi) is 7.12. The Balaban J connectivity index is 1.32. The number of carbonyl (C=O) groups is 2. The first-order chi connectivity index (χ1) is 16.3. The molecule has 178 valence electrons. The summed E-state index contributed by atoms with van der Waals surface area (Å²) in [5.41, 5.74) is 3.05. The number of aromatic nitrogens is 1. The molecular weight excluding hydrogens is 458 g/mol. The lowest BCUT2D eigenvalue weighted by Crippen LogP contribution is -2.33. The number of esters is 1. The van der Waals surface area contributed by atoms with Crippen molar-refractivity contribution in [3.63, 3.8) is 0 Å². The lowest BCUT2D eigenvalue weighted by atomic mass is 10.1. The van der Waals surface area contributed by atoms with E-state index >= 15 is 0 Å². The lowest BCUT2D eigenvalue weighted by Gasteiger charge is -2.27. The summed E-state index contributed by atoms with van der Waals surface area (Å²) in [4.78, 5) is 24.8. The third kappa shape index (κ3) is 5.37. The number of carbonyl (C=O) groups excluding carboxylic acids is 2. The number of fused-ring (bicyclic) bond motifs is 1. The van der Waals surface area contributed by atoms with E-state index < -0.39 is 5.97 Å². The fraction of sp³-hybridized carbons (Fsp3) is 0.308. The fourth-order valence-corrected chi connectivity index (χ4v) is 3.95. The molecule has 2 aromatic carbocycles. The Labute approximate surface area is 203 Å². The van der Waals surface area contributed by atoms with Crippen molar-refractivity contribution in [3.05, 3.63) is 76.1 Å². The molecule has 1 atom stereocenters. The van der Waals surface area contributed by atoms with E-state index in [2.05, 4.69) is 0 Å². The number of hydrogen-bond donors (Lipinski definition) is 0. The molecule has 0 bridgehead atoms. The normalized spacial score (nSPS) is 14.5. The predicted molar refractivity (Wildman–Crippen MR) is 127 cm³/mol. The third-order valence-corrected chi connectivity index (χ3v) is 6.10. The molecule has 1 aromatic heterocycles. The molecule has 4 rings (SSSR count). The number of para-hydroxylation sites is 2. The van der Waals surface area contributed by atoms with E-state index in [1.54, 1.807) is 24.3 Å². The Morgan fingerprint density at radius 1 is 1.06 bits per heavy atom. The minimum atomic E-state index is -0.624. The van der Waals surface area contributed by atoms with Crippen LogP contribution in [0.2, 0.25) is 5.02 Å². The summed E-state index contributed by atoms with van der Waals surface area (Å²) in [6, 6.07) is 14.4. The molecule has 0 N–H and O–H groups in total. The van der Waals surface area contributed by atoms with Crippen molar-refractivity contribution in [2.45, 2.75) is 33.4 Å². The highest BCUT2D eigenvalue weighted by atomic mass is 35.5. The van der Waals surface area contributed by atoms with Gasteiger partial charge in [0.15, 0.2) is 30.8 Å². The number of Topliss-reactive ketones (excluding diaryl/α,β-unsaturated/α-hetero) is 1. The van der Waals surface area contributed by atoms with Crippen molar-refractivity contribution >= 4 is 23.4 Å². The maximum atomic E-state index is 12.7. The van der Waals surface area contributed by atoms with Crippen LogP contribution in [0.25, 0.3) is 0 Å². The number of hydrogen-bond acceptors (Lipinski definition) is 6. The minimum absolute atomic E-state index is 0.186. The number of ketones is 1. The summed E-state index contributed by atoms with van der Waals surface area (Å²) < 4.78 is 24.4. The van der Waals surface area contributed by atoms with Crippen LogP contribution in [0, 0.1) is 20.8 Å². The second-order valence-electron chi connectivity index (χ2n) is 8.18. The number of ether oxygens (including phenoxy) is 4. The van der Waals surface area contributed by atoms with Gasteiger partial charge >= 0.3 is 5.97 Å². The van der Waals surface area contributed by atoms with Crippen LogP contribution >= 0.6 is 11.6 Å². The van der Waals surface area contributed by atoms with Gasteiger partial charge in [-0.05, 0) is 62.7 Å². The summed E-state index contributed by atoms with van der Waals surface area (Å²) in [5.74, 6) is 1.04. The maximum Gasteiger partial charge on any atom is 0.344 e. The van der Waals surface area contributed by atoms with E-state index in [9.17, 15) is 9.59 Å². The zero-order valence-electron chi connectivity index (χ0n) is 19.3. The first-order valence-corrected chi connectivity index (χ1v) is 11.3. The van der Waals surface area contributed by atoms with Crippen LogP contribution < -0.4 is 14.2 Å². The van der Waals surface area contributed by atoms with Gasteiger partial charge in [-0.3, -0.25) is 4.79 Å². The van der Waals surface area contributed by atoms with Crippen molar-refractivity contribution in [2.75, 3.05) is 19.8 Å². The van der Waals surface area contributed by atoms with Crippen molar-refractivity contribution in [1.29, 1.82) is 0 Å². The van der Waals surface area contributed by atoms with Gasteiger partial charge in [-0.15, -0.1) is 0 Å². The van der Waals surface area contributed by atoms with Crippen LogP contribution in [0.15, 0.2) is 48.5 Å². The number of rotatable bonds is 8. The molecule has 1 aliphatic rings. The molecule has 0 saturated heterocycles. The second kappa shape index (κ2) is 10.2. The Bertz CT molecular complexity index is 1220. The highest BCUT2D eigenvalue weighted by molar-refractivity contribution is 6.31. The Hall–Kier alpha value is -3.45. The molecule has 0 saturated carbocycles. The van der Waals surface area contributed by atoms with E-state index in [1.807, 2.05) is 49.6 Å². The molecule has 34 heavy (non-hydrogen) atoms.